The maximum atomic E-state index is 12.1. The van der Waals surface area contributed by atoms with Crippen molar-refractivity contribution < 1.29 is 4.74 Å². The van der Waals surface area contributed by atoms with Gasteiger partial charge in [0.05, 0.1) is 13.2 Å². The van der Waals surface area contributed by atoms with Crippen LogP contribution in [0, 0.1) is 18.3 Å². The lowest BCUT2D eigenvalue weighted by Gasteiger charge is -2.15. The van der Waals surface area contributed by atoms with E-state index in [4.69, 9.17) is 4.74 Å². The van der Waals surface area contributed by atoms with Crippen molar-refractivity contribution >= 4 is 0 Å². The number of aromatic nitrogens is 2. The molecule has 5 heteroatoms. The van der Waals surface area contributed by atoms with Gasteiger partial charge in [0.1, 0.15) is 0 Å². The second kappa shape index (κ2) is 5.74. The molecule has 2 saturated carbocycles. The topological polar surface area (TPSA) is 64.1 Å². The second-order valence-electron chi connectivity index (χ2n) is 7.24. The van der Waals surface area contributed by atoms with Gasteiger partial charge in [-0.25, -0.2) is 4.79 Å². The van der Waals surface area contributed by atoms with E-state index in [0.717, 1.165) is 25.9 Å². The van der Waals surface area contributed by atoms with Gasteiger partial charge in [-0.2, -0.15) is 0 Å². The van der Waals surface area contributed by atoms with Crippen LogP contribution >= 0.6 is 0 Å². The first-order valence-corrected chi connectivity index (χ1v) is 8.53. The summed E-state index contributed by atoms with van der Waals surface area (Å²) in [4.78, 5) is 26.1. The molecule has 0 amide bonds. The monoisotopic (exact) mass is 326 g/mol. The second-order valence-corrected chi connectivity index (χ2v) is 7.24. The molecule has 2 aliphatic rings. The number of aryl methyl sites for hydroxylation is 1. The number of fused-ring (bicyclic) bond motifs is 1. The number of nitrogens with zero attached hydrogens (tertiary/aromatic N) is 1. The molecule has 3 atom stereocenters. The van der Waals surface area contributed by atoms with Gasteiger partial charge in [0.25, 0.3) is 5.56 Å². The van der Waals surface area contributed by atoms with E-state index >= 15 is 0 Å². The average molecular weight is 326 g/mol. The van der Waals surface area contributed by atoms with Crippen LogP contribution in [-0.4, -0.2) is 16.2 Å². The molecule has 1 heterocycles. The Morgan fingerprint density at radius 1 is 1.29 bits per heavy atom. The molecule has 0 saturated heterocycles. The van der Waals surface area contributed by atoms with Gasteiger partial charge in [-0.05, 0) is 43.1 Å². The van der Waals surface area contributed by atoms with Crippen molar-refractivity contribution in [1.29, 1.82) is 0 Å². The largest absolute Gasteiger partial charge is 0.376 e. The van der Waals surface area contributed by atoms with Crippen LogP contribution < -0.4 is 11.2 Å². The zero-order chi connectivity index (χ0) is 16.7. The highest BCUT2D eigenvalue weighted by atomic mass is 16.5. The van der Waals surface area contributed by atoms with Crippen LogP contribution in [0.2, 0.25) is 0 Å². The van der Waals surface area contributed by atoms with Crippen molar-refractivity contribution in [3.05, 3.63) is 68.5 Å². The quantitative estimate of drug-likeness (QED) is 0.917. The van der Waals surface area contributed by atoms with E-state index in [1.54, 1.807) is 17.7 Å². The molecule has 1 N–H and O–H groups in total. The molecule has 1 aromatic carbocycles. The van der Waals surface area contributed by atoms with Gasteiger partial charge >= 0.3 is 5.69 Å². The van der Waals surface area contributed by atoms with Gasteiger partial charge in [0, 0.05) is 17.8 Å². The molecule has 0 spiro atoms. The number of nitrogens with one attached hydrogen (secondary N) is 1. The van der Waals surface area contributed by atoms with E-state index in [2.05, 4.69) is 17.1 Å². The minimum atomic E-state index is -0.289. The minimum Gasteiger partial charge on any atom is -0.376 e. The van der Waals surface area contributed by atoms with E-state index in [1.807, 2.05) is 18.2 Å². The Kier molecular flexibility index (Phi) is 3.68. The fraction of sp³-hybridized carbons (Fsp3) is 0.474. The van der Waals surface area contributed by atoms with Crippen LogP contribution in [0.3, 0.4) is 0 Å². The Labute approximate surface area is 140 Å². The summed E-state index contributed by atoms with van der Waals surface area (Å²) in [7, 11) is 0. The zero-order valence-electron chi connectivity index (χ0n) is 13.8. The number of H-pyrrole nitrogens is 1. The van der Waals surface area contributed by atoms with Crippen LogP contribution in [0.25, 0.3) is 0 Å². The predicted octanol–water partition coefficient (Wildman–Crippen LogP) is 2.40. The van der Waals surface area contributed by atoms with E-state index in [9.17, 15) is 9.59 Å². The van der Waals surface area contributed by atoms with Crippen LogP contribution in [-0.2, 0) is 11.3 Å². The normalized spacial score (nSPS) is 27.9. The minimum absolute atomic E-state index is 0.188. The molecule has 5 nitrogen and oxygen atoms in total. The van der Waals surface area contributed by atoms with Crippen LogP contribution in [0.5, 0.6) is 0 Å². The first-order chi connectivity index (χ1) is 11.6. The van der Waals surface area contributed by atoms with Gasteiger partial charge in [0.15, 0.2) is 0 Å². The maximum absolute atomic E-state index is 12.1. The molecular formula is C19H22N2O3. The van der Waals surface area contributed by atoms with Crippen molar-refractivity contribution in [2.24, 2.45) is 11.3 Å². The fourth-order valence-electron chi connectivity index (χ4n) is 4.20. The summed E-state index contributed by atoms with van der Waals surface area (Å²) < 4.78 is 7.69. The average Bonchev–Trinajstić information content (AvgIpc) is 3.18. The van der Waals surface area contributed by atoms with Gasteiger partial charge in [-0.15, -0.1) is 0 Å². The first-order valence-electron chi connectivity index (χ1n) is 8.53. The van der Waals surface area contributed by atoms with E-state index in [-0.39, 0.29) is 22.7 Å². The lowest BCUT2D eigenvalue weighted by Crippen LogP contribution is -2.33. The van der Waals surface area contributed by atoms with Gasteiger partial charge in [0.2, 0.25) is 0 Å². The highest BCUT2D eigenvalue weighted by Crippen LogP contribution is 2.67. The third kappa shape index (κ3) is 2.63. The zero-order valence-corrected chi connectivity index (χ0v) is 13.8. The predicted molar refractivity (Wildman–Crippen MR) is 91.0 cm³/mol. The van der Waals surface area contributed by atoms with Crippen LogP contribution in [0.1, 0.15) is 36.4 Å². The fourth-order valence-corrected chi connectivity index (χ4v) is 4.20. The third-order valence-corrected chi connectivity index (χ3v) is 5.66. The Morgan fingerprint density at radius 2 is 2.08 bits per heavy atom. The van der Waals surface area contributed by atoms with Crippen molar-refractivity contribution in [3.63, 3.8) is 0 Å². The number of ether oxygens (including phenoxy) is 1. The Morgan fingerprint density at radius 3 is 2.83 bits per heavy atom. The summed E-state index contributed by atoms with van der Waals surface area (Å²) in [5.41, 5.74) is 1.43. The third-order valence-electron chi connectivity index (χ3n) is 5.66. The lowest BCUT2D eigenvalue weighted by atomic mass is 10.1. The Balaban J connectivity index is 1.42. The molecule has 2 aliphatic carbocycles. The number of rotatable bonds is 5. The number of hydrogen-bond acceptors (Lipinski definition) is 3. The van der Waals surface area contributed by atoms with Gasteiger partial charge < -0.3 is 4.74 Å². The Hall–Kier alpha value is -2.14. The highest BCUT2D eigenvalue weighted by Gasteiger charge is 2.62. The van der Waals surface area contributed by atoms with Crippen LogP contribution in [0.15, 0.2) is 46.1 Å². The molecule has 0 bridgehead atoms. The SMILES string of the molecule is Cc1cn([C@H]2CC[C@]3(COCc4ccccc4)C[C@H]23)c(=O)[nH]c1=O. The molecular weight excluding hydrogens is 304 g/mol. The number of benzene rings is 1. The summed E-state index contributed by atoms with van der Waals surface area (Å²) in [6.07, 6.45) is 4.88. The molecule has 24 heavy (non-hydrogen) atoms. The molecule has 2 fully saturated rings. The molecule has 0 aliphatic heterocycles. The van der Waals surface area contributed by atoms with E-state index < -0.39 is 0 Å². The summed E-state index contributed by atoms with van der Waals surface area (Å²) in [5.74, 6) is 0.483. The van der Waals surface area contributed by atoms with E-state index in [1.165, 1.54) is 5.56 Å². The van der Waals surface area contributed by atoms with Gasteiger partial charge in [-0.1, -0.05) is 30.3 Å². The number of hydrogen-bond donors (Lipinski definition) is 1. The maximum Gasteiger partial charge on any atom is 0.328 e. The smallest absolute Gasteiger partial charge is 0.328 e. The molecule has 2 aromatic rings. The first kappa shape index (κ1) is 15.4. The van der Waals surface area contributed by atoms with Crippen LogP contribution in [0.4, 0.5) is 0 Å². The molecule has 4 rings (SSSR count). The van der Waals surface area contributed by atoms with Crippen molar-refractivity contribution in [2.75, 3.05) is 6.61 Å². The molecule has 0 radical (unpaired) electrons. The van der Waals surface area contributed by atoms with E-state index in [0.29, 0.717) is 18.1 Å². The standard InChI is InChI=1S/C19H22N2O3/c1-13-10-21(18(23)20-17(13)22)16-7-8-19(9-15(16)19)12-24-11-14-5-3-2-4-6-14/h2-6,10,15-16H,7-9,11-12H2,1H3,(H,20,22,23)/t15-,16+,19-/m1/s1. The summed E-state index contributed by atoms with van der Waals surface area (Å²) in [6.45, 7) is 3.13. The molecule has 126 valence electrons. The lowest BCUT2D eigenvalue weighted by molar-refractivity contribution is 0.0749. The highest BCUT2D eigenvalue weighted by molar-refractivity contribution is 5.15. The summed E-state index contributed by atoms with van der Waals surface area (Å²) in [5, 5.41) is 0. The number of aromatic amines is 1. The molecule has 1 aromatic heterocycles. The van der Waals surface area contributed by atoms with Crippen molar-refractivity contribution in [3.8, 4) is 0 Å². The summed E-state index contributed by atoms with van der Waals surface area (Å²) >= 11 is 0. The Bertz CT molecular complexity index is 855. The molecule has 0 unspecified atom stereocenters. The van der Waals surface area contributed by atoms with Gasteiger partial charge in [-0.3, -0.25) is 14.3 Å². The van der Waals surface area contributed by atoms with Crippen molar-refractivity contribution in [1.82, 2.24) is 9.55 Å². The summed E-state index contributed by atoms with van der Waals surface area (Å²) in [6, 6.07) is 10.4. The van der Waals surface area contributed by atoms with Crippen molar-refractivity contribution in [2.45, 2.75) is 38.8 Å².